The molecule has 1 saturated heterocycles. The van der Waals surface area contributed by atoms with Crippen LogP contribution in [0.1, 0.15) is 24.8 Å². The predicted octanol–water partition coefficient (Wildman–Crippen LogP) is 3.85. The van der Waals surface area contributed by atoms with Crippen molar-refractivity contribution in [1.82, 2.24) is 15.2 Å². The van der Waals surface area contributed by atoms with Gasteiger partial charge in [0.25, 0.3) is 5.91 Å². The predicted molar refractivity (Wildman–Crippen MR) is 106 cm³/mol. The zero-order valence-corrected chi connectivity index (χ0v) is 16.5. The first kappa shape index (κ1) is 19.6. The first-order chi connectivity index (χ1) is 14.5. The number of aromatic nitrogens is 1. The number of ether oxygens (including phenoxy) is 1. The first-order valence-corrected chi connectivity index (χ1v) is 9.46. The Balaban J connectivity index is 1.57. The van der Waals surface area contributed by atoms with Gasteiger partial charge < -0.3 is 14.5 Å². The van der Waals surface area contributed by atoms with Gasteiger partial charge in [-0.15, -0.1) is 0 Å². The van der Waals surface area contributed by atoms with Crippen LogP contribution in [0.4, 0.5) is 9.18 Å². The Labute approximate surface area is 172 Å². The van der Waals surface area contributed by atoms with Crippen molar-refractivity contribution in [3.8, 4) is 17.1 Å². The number of nitrogens with zero attached hydrogens (tertiary/aromatic N) is 2. The molecule has 2 heterocycles. The van der Waals surface area contributed by atoms with Crippen LogP contribution in [-0.2, 0) is 16.9 Å². The van der Waals surface area contributed by atoms with E-state index in [9.17, 15) is 14.0 Å². The molecule has 0 saturated carbocycles. The lowest BCUT2D eigenvalue weighted by Gasteiger charge is -2.25. The number of amides is 3. The van der Waals surface area contributed by atoms with Crippen molar-refractivity contribution in [2.24, 2.45) is 0 Å². The summed E-state index contributed by atoms with van der Waals surface area (Å²) < 4.78 is 24.0. The van der Waals surface area contributed by atoms with Gasteiger partial charge in [0, 0.05) is 5.56 Å². The Bertz CT molecular complexity index is 1080. The molecule has 1 aromatic heterocycles. The van der Waals surface area contributed by atoms with E-state index in [2.05, 4.69) is 10.3 Å². The van der Waals surface area contributed by atoms with E-state index in [1.165, 1.54) is 18.3 Å². The fourth-order valence-electron chi connectivity index (χ4n) is 3.55. The molecular formula is C22H20FN3O4. The molecule has 7 nitrogen and oxygen atoms in total. The average molecular weight is 409 g/mol. The van der Waals surface area contributed by atoms with E-state index in [1.807, 2.05) is 6.92 Å². The summed E-state index contributed by atoms with van der Waals surface area (Å²) in [4.78, 5) is 31.1. The van der Waals surface area contributed by atoms with E-state index < -0.39 is 11.6 Å². The molecule has 4 rings (SSSR count). The second-order valence-electron chi connectivity index (χ2n) is 6.93. The van der Waals surface area contributed by atoms with Crippen molar-refractivity contribution in [3.05, 3.63) is 72.0 Å². The summed E-state index contributed by atoms with van der Waals surface area (Å²) in [7, 11) is 1.56. The minimum atomic E-state index is -1.16. The number of hydrogen-bond donors (Lipinski definition) is 1. The highest BCUT2D eigenvalue weighted by atomic mass is 19.1. The number of imide groups is 1. The number of benzene rings is 2. The molecule has 30 heavy (non-hydrogen) atoms. The second kappa shape index (κ2) is 7.62. The molecule has 0 bridgehead atoms. The summed E-state index contributed by atoms with van der Waals surface area (Å²) in [6.07, 6.45) is 1.87. The SMILES string of the molecule is CC[C@]1(c2ccc(OC)cc2)NC(=O)N(Cc2ncc(-c3ccc(F)cc3)o2)C1=O. The fraction of sp³-hybridized carbons (Fsp3) is 0.227. The summed E-state index contributed by atoms with van der Waals surface area (Å²) in [6.45, 7) is 1.73. The van der Waals surface area contributed by atoms with E-state index >= 15 is 0 Å². The number of halogens is 1. The van der Waals surface area contributed by atoms with Crippen LogP contribution in [0.25, 0.3) is 11.3 Å². The number of methoxy groups -OCH3 is 1. The molecule has 1 aliphatic heterocycles. The van der Waals surface area contributed by atoms with E-state index in [4.69, 9.17) is 9.15 Å². The van der Waals surface area contributed by atoms with Gasteiger partial charge in [-0.3, -0.25) is 9.69 Å². The molecule has 0 unspecified atom stereocenters. The van der Waals surface area contributed by atoms with Gasteiger partial charge in [-0.05, 0) is 48.4 Å². The molecule has 1 aliphatic rings. The minimum absolute atomic E-state index is 0.107. The highest BCUT2D eigenvalue weighted by molar-refractivity contribution is 6.07. The maximum atomic E-state index is 13.2. The maximum Gasteiger partial charge on any atom is 0.325 e. The first-order valence-electron chi connectivity index (χ1n) is 9.46. The third kappa shape index (κ3) is 3.30. The quantitative estimate of drug-likeness (QED) is 0.625. The second-order valence-corrected chi connectivity index (χ2v) is 6.93. The van der Waals surface area contributed by atoms with Crippen molar-refractivity contribution < 1.29 is 23.1 Å². The van der Waals surface area contributed by atoms with Crippen LogP contribution in [0.15, 0.2) is 59.1 Å². The molecule has 1 fully saturated rings. The summed E-state index contributed by atoms with van der Waals surface area (Å²) >= 11 is 0. The Morgan fingerprint density at radius 3 is 2.47 bits per heavy atom. The van der Waals surface area contributed by atoms with E-state index in [0.717, 1.165) is 4.90 Å². The van der Waals surface area contributed by atoms with Gasteiger partial charge in [0.2, 0.25) is 5.89 Å². The number of carbonyl (C=O) groups is 2. The molecule has 3 aromatic rings. The Kier molecular flexibility index (Phi) is 4.99. The Morgan fingerprint density at radius 1 is 1.13 bits per heavy atom. The normalized spacial score (nSPS) is 18.6. The molecule has 3 amide bonds. The van der Waals surface area contributed by atoms with Crippen molar-refractivity contribution in [2.75, 3.05) is 7.11 Å². The molecule has 154 valence electrons. The van der Waals surface area contributed by atoms with Crippen LogP contribution in [0.2, 0.25) is 0 Å². The molecule has 1 atom stereocenters. The number of rotatable bonds is 6. The molecule has 0 radical (unpaired) electrons. The van der Waals surface area contributed by atoms with Gasteiger partial charge in [0.05, 0.1) is 13.3 Å². The highest BCUT2D eigenvalue weighted by Gasteiger charge is 2.51. The number of nitrogens with one attached hydrogen (secondary N) is 1. The van der Waals surface area contributed by atoms with E-state index in [-0.39, 0.29) is 24.2 Å². The highest BCUT2D eigenvalue weighted by Crippen LogP contribution is 2.34. The maximum absolute atomic E-state index is 13.2. The van der Waals surface area contributed by atoms with Crippen LogP contribution in [0, 0.1) is 5.82 Å². The van der Waals surface area contributed by atoms with Crippen molar-refractivity contribution in [2.45, 2.75) is 25.4 Å². The van der Waals surface area contributed by atoms with Crippen LogP contribution >= 0.6 is 0 Å². The van der Waals surface area contributed by atoms with E-state index in [0.29, 0.717) is 29.1 Å². The Morgan fingerprint density at radius 2 is 1.83 bits per heavy atom. The minimum Gasteiger partial charge on any atom is -0.497 e. The van der Waals surface area contributed by atoms with Gasteiger partial charge in [-0.1, -0.05) is 19.1 Å². The Hall–Kier alpha value is -3.68. The average Bonchev–Trinajstić information content (AvgIpc) is 3.33. The monoisotopic (exact) mass is 409 g/mol. The fourth-order valence-corrected chi connectivity index (χ4v) is 3.55. The van der Waals surface area contributed by atoms with Crippen LogP contribution in [0.5, 0.6) is 5.75 Å². The topological polar surface area (TPSA) is 84.7 Å². The molecule has 0 aliphatic carbocycles. The summed E-state index contributed by atoms with van der Waals surface area (Å²) in [6, 6.07) is 12.3. The molecule has 1 N–H and O–H groups in total. The molecule has 2 aromatic carbocycles. The number of carbonyl (C=O) groups excluding carboxylic acids is 2. The molecule has 0 spiro atoms. The van der Waals surface area contributed by atoms with Gasteiger partial charge in [-0.25, -0.2) is 14.2 Å². The summed E-state index contributed by atoms with van der Waals surface area (Å²) in [5, 5.41) is 2.82. The van der Waals surface area contributed by atoms with Crippen LogP contribution in [0.3, 0.4) is 0 Å². The summed E-state index contributed by atoms with van der Waals surface area (Å²) in [5.74, 6) is 0.564. The lowest BCUT2D eigenvalue weighted by atomic mass is 9.87. The summed E-state index contributed by atoms with van der Waals surface area (Å²) in [5.41, 5.74) is 0.162. The number of urea groups is 1. The third-order valence-corrected chi connectivity index (χ3v) is 5.26. The van der Waals surface area contributed by atoms with Gasteiger partial charge >= 0.3 is 6.03 Å². The molecule has 8 heteroatoms. The number of oxazole rings is 1. The van der Waals surface area contributed by atoms with Crippen molar-refractivity contribution in [1.29, 1.82) is 0 Å². The van der Waals surface area contributed by atoms with E-state index in [1.54, 1.807) is 43.5 Å². The standard InChI is InChI=1S/C22H20FN3O4/c1-3-22(15-6-10-17(29-2)11-7-15)20(27)26(21(28)25-22)13-19-24-12-18(30-19)14-4-8-16(23)9-5-14/h4-12H,3,13H2,1-2H3,(H,25,28)/t22-/m1/s1. The van der Waals surface area contributed by atoms with Crippen LogP contribution < -0.4 is 10.1 Å². The zero-order valence-electron chi connectivity index (χ0n) is 16.5. The number of hydrogen-bond acceptors (Lipinski definition) is 5. The third-order valence-electron chi connectivity index (χ3n) is 5.26. The van der Waals surface area contributed by atoms with Gasteiger partial charge in [0.15, 0.2) is 5.76 Å². The van der Waals surface area contributed by atoms with Gasteiger partial charge in [0.1, 0.15) is 23.7 Å². The van der Waals surface area contributed by atoms with Crippen molar-refractivity contribution >= 4 is 11.9 Å². The van der Waals surface area contributed by atoms with Crippen LogP contribution in [-0.4, -0.2) is 28.9 Å². The largest absolute Gasteiger partial charge is 0.497 e. The lowest BCUT2D eigenvalue weighted by Crippen LogP contribution is -2.43. The molecular weight excluding hydrogens is 389 g/mol. The van der Waals surface area contributed by atoms with Crippen molar-refractivity contribution in [3.63, 3.8) is 0 Å². The lowest BCUT2D eigenvalue weighted by molar-refractivity contribution is -0.132. The van der Waals surface area contributed by atoms with Gasteiger partial charge in [-0.2, -0.15) is 0 Å². The zero-order chi connectivity index (χ0) is 21.3. The smallest absolute Gasteiger partial charge is 0.325 e.